The molecule has 1 aromatic carbocycles. The van der Waals surface area contributed by atoms with Gasteiger partial charge in [-0.3, -0.25) is 4.79 Å². The Morgan fingerprint density at radius 1 is 1.50 bits per heavy atom. The number of hydrogen-bond donors (Lipinski definition) is 1. The lowest BCUT2D eigenvalue weighted by atomic mass is 10.3. The second-order valence-corrected chi connectivity index (χ2v) is 3.38. The number of ether oxygens (including phenoxy) is 1. The maximum atomic E-state index is 11.2. The molecule has 5 heteroatoms. The van der Waals surface area contributed by atoms with Gasteiger partial charge in [0.2, 0.25) is 0 Å². The molecule has 0 unspecified atom stereocenters. The van der Waals surface area contributed by atoms with Crippen molar-refractivity contribution in [2.45, 2.75) is 6.42 Å². The zero-order chi connectivity index (χ0) is 11.8. The summed E-state index contributed by atoms with van der Waals surface area (Å²) in [6.07, 6.45) is 0.290. The first kappa shape index (κ1) is 12.3. The zero-order valence-electron chi connectivity index (χ0n) is 8.57. The fourth-order valence-electron chi connectivity index (χ4n) is 1.01. The van der Waals surface area contributed by atoms with Crippen LogP contribution in [0.25, 0.3) is 0 Å². The quantitative estimate of drug-likeness (QED) is 0.795. The van der Waals surface area contributed by atoms with E-state index in [1.165, 1.54) is 0 Å². The molecule has 0 aliphatic heterocycles. The van der Waals surface area contributed by atoms with Gasteiger partial charge >= 0.3 is 0 Å². The monoisotopic (exact) mass is 238 g/mol. The highest BCUT2D eigenvalue weighted by molar-refractivity contribution is 6.32. The van der Waals surface area contributed by atoms with E-state index in [0.717, 1.165) is 0 Å². The average molecular weight is 239 g/mol. The Morgan fingerprint density at radius 2 is 2.25 bits per heavy atom. The van der Waals surface area contributed by atoms with Crippen molar-refractivity contribution < 1.29 is 9.53 Å². The summed E-state index contributed by atoms with van der Waals surface area (Å²) in [6.45, 7) is 0.233. The number of halogens is 1. The lowest BCUT2D eigenvalue weighted by Crippen LogP contribution is -2.29. The third-order valence-corrected chi connectivity index (χ3v) is 2.07. The summed E-state index contributed by atoms with van der Waals surface area (Å²) in [4.78, 5) is 11.2. The molecule has 0 heterocycles. The SMILES string of the molecule is N#CCCNC(=O)COc1ccccc1Cl. The van der Waals surface area contributed by atoms with Crippen LogP contribution in [0.5, 0.6) is 5.75 Å². The Labute approximate surface area is 98.8 Å². The van der Waals surface area contributed by atoms with E-state index < -0.39 is 0 Å². The number of nitriles is 1. The van der Waals surface area contributed by atoms with Crippen LogP contribution in [0.1, 0.15) is 6.42 Å². The highest BCUT2D eigenvalue weighted by Gasteiger charge is 2.04. The minimum atomic E-state index is -0.268. The minimum Gasteiger partial charge on any atom is -0.482 e. The van der Waals surface area contributed by atoms with Gasteiger partial charge in [-0.05, 0) is 12.1 Å². The highest BCUT2D eigenvalue weighted by Crippen LogP contribution is 2.22. The van der Waals surface area contributed by atoms with E-state index in [-0.39, 0.29) is 18.9 Å². The Bertz CT molecular complexity index is 401. The van der Waals surface area contributed by atoms with Crippen LogP contribution < -0.4 is 10.1 Å². The summed E-state index contributed by atoms with van der Waals surface area (Å²) in [6, 6.07) is 8.85. The van der Waals surface area contributed by atoms with Gasteiger partial charge in [0.05, 0.1) is 17.5 Å². The van der Waals surface area contributed by atoms with Crippen molar-refractivity contribution in [2.24, 2.45) is 0 Å². The Balaban J connectivity index is 2.32. The van der Waals surface area contributed by atoms with Gasteiger partial charge in [-0.15, -0.1) is 0 Å². The first-order valence-electron chi connectivity index (χ1n) is 4.75. The Morgan fingerprint density at radius 3 is 2.94 bits per heavy atom. The summed E-state index contributed by atoms with van der Waals surface area (Å²) >= 11 is 5.83. The molecule has 0 aliphatic carbocycles. The molecule has 0 bridgehead atoms. The molecule has 0 saturated heterocycles. The zero-order valence-corrected chi connectivity index (χ0v) is 9.33. The summed E-state index contributed by atoms with van der Waals surface area (Å²) in [5.41, 5.74) is 0. The number of benzene rings is 1. The van der Waals surface area contributed by atoms with E-state index in [4.69, 9.17) is 21.6 Å². The fourth-order valence-corrected chi connectivity index (χ4v) is 1.20. The molecule has 1 amide bonds. The molecule has 0 aliphatic rings. The molecular weight excluding hydrogens is 228 g/mol. The van der Waals surface area contributed by atoms with Crippen LogP contribution in [-0.2, 0) is 4.79 Å². The molecule has 0 spiro atoms. The van der Waals surface area contributed by atoms with Crippen molar-refractivity contribution in [1.29, 1.82) is 5.26 Å². The summed E-state index contributed by atoms with van der Waals surface area (Å²) in [5.74, 6) is 0.203. The fraction of sp³-hybridized carbons (Fsp3) is 0.273. The predicted molar refractivity (Wildman–Crippen MR) is 60.2 cm³/mol. The molecule has 0 saturated carbocycles. The number of hydrogen-bond acceptors (Lipinski definition) is 3. The van der Waals surface area contributed by atoms with Crippen molar-refractivity contribution in [1.82, 2.24) is 5.32 Å². The van der Waals surface area contributed by atoms with Crippen molar-refractivity contribution >= 4 is 17.5 Å². The smallest absolute Gasteiger partial charge is 0.257 e. The van der Waals surface area contributed by atoms with Crippen molar-refractivity contribution in [3.05, 3.63) is 29.3 Å². The van der Waals surface area contributed by atoms with Crippen molar-refractivity contribution in [3.63, 3.8) is 0 Å². The lowest BCUT2D eigenvalue weighted by Gasteiger charge is -2.07. The molecule has 0 aromatic heterocycles. The number of carbonyl (C=O) groups excluding carboxylic acids is 1. The van der Waals surface area contributed by atoms with Gasteiger partial charge < -0.3 is 10.1 Å². The van der Waals surface area contributed by atoms with Gasteiger partial charge in [0.1, 0.15) is 5.75 Å². The van der Waals surface area contributed by atoms with Crippen LogP contribution in [0.2, 0.25) is 5.02 Å². The van der Waals surface area contributed by atoms with Crippen LogP contribution in [0.15, 0.2) is 24.3 Å². The third kappa shape index (κ3) is 4.20. The number of amides is 1. The average Bonchev–Trinajstić information content (AvgIpc) is 2.28. The van der Waals surface area contributed by atoms with Crippen LogP contribution in [0, 0.1) is 11.3 Å². The van der Waals surface area contributed by atoms with E-state index in [1.54, 1.807) is 24.3 Å². The summed E-state index contributed by atoms with van der Waals surface area (Å²) < 4.78 is 5.20. The number of nitrogens with zero attached hydrogens (tertiary/aromatic N) is 1. The largest absolute Gasteiger partial charge is 0.482 e. The maximum Gasteiger partial charge on any atom is 0.257 e. The molecule has 84 valence electrons. The van der Waals surface area contributed by atoms with E-state index in [2.05, 4.69) is 5.32 Å². The molecule has 0 radical (unpaired) electrons. The van der Waals surface area contributed by atoms with E-state index in [1.807, 2.05) is 6.07 Å². The van der Waals surface area contributed by atoms with Crippen LogP contribution in [0.3, 0.4) is 0 Å². The normalized spacial score (nSPS) is 9.25. The number of carbonyl (C=O) groups is 1. The number of nitrogens with one attached hydrogen (secondary N) is 1. The van der Waals surface area contributed by atoms with Crippen LogP contribution in [-0.4, -0.2) is 19.1 Å². The van der Waals surface area contributed by atoms with Gasteiger partial charge in [0.25, 0.3) is 5.91 Å². The molecule has 16 heavy (non-hydrogen) atoms. The van der Waals surface area contributed by atoms with Gasteiger partial charge in [-0.1, -0.05) is 23.7 Å². The lowest BCUT2D eigenvalue weighted by molar-refractivity contribution is -0.123. The first-order valence-corrected chi connectivity index (χ1v) is 5.13. The maximum absolute atomic E-state index is 11.2. The van der Waals surface area contributed by atoms with Gasteiger partial charge in [0, 0.05) is 6.54 Å². The predicted octanol–water partition coefficient (Wildman–Crippen LogP) is 1.75. The Hall–Kier alpha value is -1.73. The molecule has 4 nitrogen and oxygen atoms in total. The van der Waals surface area contributed by atoms with E-state index in [9.17, 15) is 4.79 Å². The summed E-state index contributed by atoms with van der Waals surface area (Å²) in [5, 5.41) is 11.3. The standard InChI is InChI=1S/C11H11ClN2O2/c12-9-4-1-2-5-10(9)16-8-11(15)14-7-3-6-13/h1-2,4-5H,3,7-8H2,(H,14,15). The molecule has 1 N–H and O–H groups in total. The van der Waals surface area contributed by atoms with Gasteiger partial charge in [-0.25, -0.2) is 0 Å². The third-order valence-electron chi connectivity index (χ3n) is 1.75. The highest BCUT2D eigenvalue weighted by atomic mass is 35.5. The minimum absolute atomic E-state index is 0.102. The topological polar surface area (TPSA) is 62.1 Å². The first-order chi connectivity index (χ1) is 7.74. The Kier molecular flexibility index (Phi) is 5.17. The molecule has 1 aromatic rings. The molecule has 0 fully saturated rings. The van der Waals surface area contributed by atoms with E-state index >= 15 is 0 Å². The molecule has 1 rings (SSSR count). The van der Waals surface area contributed by atoms with Gasteiger partial charge in [-0.2, -0.15) is 5.26 Å². The second-order valence-electron chi connectivity index (χ2n) is 2.98. The van der Waals surface area contributed by atoms with Crippen molar-refractivity contribution in [3.8, 4) is 11.8 Å². The van der Waals surface area contributed by atoms with Gasteiger partial charge in [0.15, 0.2) is 6.61 Å². The molecule has 0 atom stereocenters. The van der Waals surface area contributed by atoms with Crippen molar-refractivity contribution in [2.75, 3.05) is 13.2 Å². The van der Waals surface area contributed by atoms with Crippen LogP contribution in [0.4, 0.5) is 0 Å². The van der Waals surface area contributed by atoms with E-state index in [0.29, 0.717) is 17.3 Å². The van der Waals surface area contributed by atoms with Crippen LogP contribution >= 0.6 is 11.6 Å². The number of para-hydroxylation sites is 1. The number of rotatable bonds is 5. The summed E-state index contributed by atoms with van der Waals surface area (Å²) in [7, 11) is 0. The second kappa shape index (κ2) is 6.70. The molecular formula is C11H11ClN2O2.